The molecule has 29 heavy (non-hydrogen) atoms. The highest BCUT2D eigenvalue weighted by Gasteiger charge is 2.56. The molecule has 1 unspecified atom stereocenters. The lowest BCUT2D eigenvalue weighted by molar-refractivity contribution is -0.140. The van der Waals surface area contributed by atoms with Gasteiger partial charge in [-0.25, -0.2) is 4.79 Å². The van der Waals surface area contributed by atoms with Gasteiger partial charge in [-0.3, -0.25) is 19.4 Å². The van der Waals surface area contributed by atoms with E-state index in [4.69, 9.17) is 23.2 Å². The summed E-state index contributed by atoms with van der Waals surface area (Å²) in [5.41, 5.74) is 0.101. The van der Waals surface area contributed by atoms with Crippen LogP contribution in [0.1, 0.15) is 25.3 Å². The third-order valence-corrected chi connectivity index (χ3v) is 7.00. The second-order valence-electron chi connectivity index (χ2n) is 8.17. The minimum atomic E-state index is -0.855. The Balaban J connectivity index is 1.31. The van der Waals surface area contributed by atoms with Crippen LogP contribution in [0.3, 0.4) is 0 Å². The van der Waals surface area contributed by atoms with E-state index in [2.05, 4.69) is 10.2 Å². The molecular weight excluding hydrogens is 415 g/mol. The van der Waals surface area contributed by atoms with E-state index >= 15 is 0 Å². The van der Waals surface area contributed by atoms with Crippen molar-refractivity contribution in [1.82, 2.24) is 20.0 Å². The summed E-state index contributed by atoms with van der Waals surface area (Å²) in [4.78, 5) is 42.6. The molecule has 0 spiro atoms. The molecule has 0 aromatic heterocycles. The van der Waals surface area contributed by atoms with Gasteiger partial charge in [0, 0.05) is 32.7 Å². The summed E-state index contributed by atoms with van der Waals surface area (Å²) in [5.74, 6) is -0.303. The van der Waals surface area contributed by atoms with Crippen molar-refractivity contribution in [1.29, 1.82) is 0 Å². The van der Waals surface area contributed by atoms with Gasteiger partial charge < -0.3 is 10.2 Å². The maximum atomic E-state index is 12.7. The van der Waals surface area contributed by atoms with Gasteiger partial charge in [-0.15, -0.1) is 0 Å². The van der Waals surface area contributed by atoms with Gasteiger partial charge in [0.15, 0.2) is 0 Å². The molecule has 156 valence electrons. The van der Waals surface area contributed by atoms with Crippen molar-refractivity contribution in [2.75, 3.05) is 32.7 Å². The zero-order chi connectivity index (χ0) is 20.8. The summed E-state index contributed by atoms with van der Waals surface area (Å²) in [6.07, 6.45) is 1.87. The lowest BCUT2D eigenvalue weighted by Gasteiger charge is -2.35. The zero-order valence-electron chi connectivity index (χ0n) is 16.3. The van der Waals surface area contributed by atoms with Crippen LogP contribution >= 0.6 is 23.2 Å². The van der Waals surface area contributed by atoms with Crippen LogP contribution in [0.25, 0.3) is 0 Å². The van der Waals surface area contributed by atoms with Crippen LogP contribution in [-0.4, -0.2) is 70.8 Å². The molecule has 2 saturated heterocycles. The number of rotatable bonds is 5. The molecule has 1 N–H and O–H groups in total. The molecule has 3 aliphatic rings. The lowest BCUT2D eigenvalue weighted by atomic mass is 9.96. The molecule has 9 heteroatoms. The lowest BCUT2D eigenvalue weighted by Crippen LogP contribution is -2.52. The van der Waals surface area contributed by atoms with Gasteiger partial charge in [0.2, 0.25) is 5.91 Å². The highest BCUT2D eigenvalue weighted by molar-refractivity contribution is 6.42. The largest absolute Gasteiger partial charge is 0.339 e. The van der Waals surface area contributed by atoms with Gasteiger partial charge in [-0.1, -0.05) is 35.3 Å². The van der Waals surface area contributed by atoms with Crippen molar-refractivity contribution in [2.45, 2.75) is 31.8 Å². The van der Waals surface area contributed by atoms with E-state index < -0.39 is 11.6 Å². The number of piperazine rings is 1. The fourth-order valence-electron chi connectivity index (χ4n) is 4.10. The van der Waals surface area contributed by atoms with E-state index in [9.17, 15) is 14.4 Å². The van der Waals surface area contributed by atoms with E-state index in [1.165, 1.54) is 0 Å². The normalized spacial score (nSPS) is 25.5. The van der Waals surface area contributed by atoms with Gasteiger partial charge in [0.1, 0.15) is 12.1 Å². The second kappa shape index (κ2) is 7.78. The quantitative estimate of drug-likeness (QED) is 0.716. The summed E-state index contributed by atoms with van der Waals surface area (Å²) < 4.78 is 0. The molecule has 4 amide bonds. The number of nitrogens with zero attached hydrogens (tertiary/aromatic N) is 3. The number of hydrogen-bond donors (Lipinski definition) is 1. The molecule has 2 heterocycles. The zero-order valence-corrected chi connectivity index (χ0v) is 17.8. The van der Waals surface area contributed by atoms with Crippen molar-refractivity contribution in [3.05, 3.63) is 33.8 Å². The Kier molecular flexibility index (Phi) is 5.48. The first-order valence-electron chi connectivity index (χ1n) is 9.86. The molecule has 1 atom stereocenters. The number of carbonyl (C=O) groups excluding carboxylic acids is 3. The Morgan fingerprint density at radius 2 is 1.86 bits per heavy atom. The van der Waals surface area contributed by atoms with Gasteiger partial charge in [-0.2, -0.15) is 0 Å². The molecule has 3 fully saturated rings. The number of hydrogen-bond acceptors (Lipinski definition) is 4. The first-order chi connectivity index (χ1) is 13.8. The van der Waals surface area contributed by atoms with Gasteiger partial charge in [-0.05, 0) is 37.3 Å². The summed E-state index contributed by atoms with van der Waals surface area (Å²) in [6.45, 7) is 4.68. The minimum absolute atomic E-state index is 0.181. The van der Waals surface area contributed by atoms with Crippen molar-refractivity contribution >= 4 is 41.0 Å². The predicted molar refractivity (Wildman–Crippen MR) is 110 cm³/mol. The van der Waals surface area contributed by atoms with Gasteiger partial charge in [0.25, 0.3) is 5.91 Å². The molecule has 7 nitrogen and oxygen atoms in total. The van der Waals surface area contributed by atoms with Crippen molar-refractivity contribution in [2.24, 2.45) is 5.92 Å². The fraction of sp³-hybridized carbons (Fsp3) is 0.550. The molecule has 4 rings (SSSR count). The standard InChI is InChI=1S/C20H24Cl2N4O3/c1-20(14-5-6-14)18(28)26(19(29)23-20)12-16(27)25-9-7-24(8-10-25)11-13-3-2-4-15(21)17(13)22/h2-4,14H,5-12H2,1H3,(H,23,29). The summed E-state index contributed by atoms with van der Waals surface area (Å²) in [5, 5.41) is 3.87. The number of amides is 4. The molecule has 1 aliphatic carbocycles. The molecule has 2 aliphatic heterocycles. The van der Waals surface area contributed by atoms with Crippen LogP contribution in [0.5, 0.6) is 0 Å². The molecule has 1 saturated carbocycles. The first-order valence-corrected chi connectivity index (χ1v) is 10.6. The average molecular weight is 439 g/mol. The summed E-state index contributed by atoms with van der Waals surface area (Å²) >= 11 is 12.3. The highest BCUT2D eigenvalue weighted by Crippen LogP contribution is 2.42. The third-order valence-electron chi connectivity index (χ3n) is 6.14. The van der Waals surface area contributed by atoms with Crippen LogP contribution in [0.15, 0.2) is 18.2 Å². The Morgan fingerprint density at radius 1 is 1.17 bits per heavy atom. The number of imide groups is 1. The predicted octanol–water partition coefficient (Wildman–Crippen LogP) is 2.36. The molecule has 0 radical (unpaired) electrons. The summed E-state index contributed by atoms with van der Waals surface area (Å²) in [7, 11) is 0. The molecule has 1 aromatic carbocycles. The number of urea groups is 1. The van der Waals surface area contributed by atoms with E-state index in [1.54, 1.807) is 17.9 Å². The number of benzene rings is 1. The van der Waals surface area contributed by atoms with Crippen molar-refractivity contribution in [3.63, 3.8) is 0 Å². The number of carbonyl (C=O) groups is 3. The molecule has 0 bridgehead atoms. The van der Waals surface area contributed by atoms with Gasteiger partial charge in [0.05, 0.1) is 10.0 Å². The minimum Gasteiger partial charge on any atom is -0.339 e. The van der Waals surface area contributed by atoms with Crippen LogP contribution < -0.4 is 5.32 Å². The van der Waals surface area contributed by atoms with Crippen molar-refractivity contribution < 1.29 is 14.4 Å². The summed E-state index contributed by atoms with van der Waals surface area (Å²) in [6, 6.07) is 5.11. The molecular formula is C20H24Cl2N4O3. The Labute approximate surface area is 179 Å². The Morgan fingerprint density at radius 3 is 2.52 bits per heavy atom. The Hall–Kier alpha value is -1.83. The van der Waals surface area contributed by atoms with E-state index in [-0.39, 0.29) is 24.3 Å². The van der Waals surface area contributed by atoms with Crippen LogP contribution in [0, 0.1) is 5.92 Å². The SMILES string of the molecule is CC1(C2CC2)NC(=O)N(CC(=O)N2CCN(Cc3cccc(Cl)c3Cl)CC2)C1=O. The van der Waals surface area contributed by atoms with E-state index in [1.807, 2.05) is 12.1 Å². The fourth-order valence-corrected chi connectivity index (χ4v) is 4.48. The van der Waals surface area contributed by atoms with Crippen LogP contribution in [0.4, 0.5) is 4.79 Å². The van der Waals surface area contributed by atoms with Crippen LogP contribution in [0.2, 0.25) is 10.0 Å². The average Bonchev–Trinajstić information content (AvgIpc) is 3.52. The topological polar surface area (TPSA) is 73.0 Å². The maximum absolute atomic E-state index is 12.7. The van der Waals surface area contributed by atoms with E-state index in [0.717, 1.165) is 23.3 Å². The first kappa shape index (κ1) is 20.4. The van der Waals surface area contributed by atoms with Crippen LogP contribution in [-0.2, 0) is 16.1 Å². The highest BCUT2D eigenvalue weighted by atomic mass is 35.5. The van der Waals surface area contributed by atoms with Gasteiger partial charge >= 0.3 is 6.03 Å². The molecule has 1 aromatic rings. The van der Waals surface area contributed by atoms with Crippen molar-refractivity contribution in [3.8, 4) is 0 Å². The smallest absolute Gasteiger partial charge is 0.325 e. The van der Waals surface area contributed by atoms with E-state index in [0.29, 0.717) is 42.8 Å². The second-order valence-corrected chi connectivity index (χ2v) is 8.95. The number of nitrogens with one attached hydrogen (secondary N) is 1. The Bertz CT molecular complexity index is 852. The maximum Gasteiger partial charge on any atom is 0.325 e. The third kappa shape index (κ3) is 3.96. The number of halogens is 2. The monoisotopic (exact) mass is 438 g/mol.